The number of fused-ring (bicyclic) bond motifs is 1. The number of rotatable bonds is 2. The maximum atomic E-state index is 12.6. The lowest BCUT2D eigenvalue weighted by molar-refractivity contribution is 0.0941. The molecule has 0 aliphatic carbocycles. The number of benzene rings is 2. The first-order valence-electron chi connectivity index (χ1n) is 6.95. The van der Waals surface area contributed by atoms with E-state index in [1.54, 1.807) is 30.3 Å². The van der Waals surface area contributed by atoms with Gasteiger partial charge in [0.1, 0.15) is 0 Å². The minimum absolute atomic E-state index is 0.203. The molecule has 0 radical (unpaired) electrons. The zero-order valence-electron chi connectivity index (χ0n) is 12.4. The summed E-state index contributed by atoms with van der Waals surface area (Å²) in [4.78, 5) is 24.4. The van der Waals surface area contributed by atoms with Crippen LogP contribution in [0.5, 0.6) is 0 Å². The monoisotopic (exact) mass is 380 g/mol. The summed E-state index contributed by atoms with van der Waals surface area (Å²) in [5.74, 6) is -0.600. The first kappa shape index (κ1) is 16.8. The highest BCUT2D eigenvalue weighted by molar-refractivity contribution is 6.37. The standard InChI is InChI=1S/C17H11Cl3N2O2/c1-9(23)22-8-13(12-6-10(18)3-5-16(12)22)17(24)21-15-4-2-11(19)7-14(15)20/h2-8H,1H3,(H,21,24). The minimum Gasteiger partial charge on any atom is -0.321 e. The molecular weight excluding hydrogens is 371 g/mol. The van der Waals surface area contributed by atoms with Crippen LogP contribution in [0.15, 0.2) is 42.6 Å². The summed E-state index contributed by atoms with van der Waals surface area (Å²) in [5, 5.41) is 4.57. The molecule has 7 heteroatoms. The van der Waals surface area contributed by atoms with Crippen molar-refractivity contribution in [1.82, 2.24) is 4.57 Å². The number of aromatic nitrogens is 1. The van der Waals surface area contributed by atoms with Crippen LogP contribution in [0.25, 0.3) is 10.9 Å². The van der Waals surface area contributed by atoms with E-state index in [1.807, 2.05) is 0 Å². The van der Waals surface area contributed by atoms with Gasteiger partial charge < -0.3 is 5.32 Å². The lowest BCUT2D eigenvalue weighted by atomic mass is 10.1. The van der Waals surface area contributed by atoms with E-state index in [9.17, 15) is 9.59 Å². The second-order valence-corrected chi connectivity index (χ2v) is 6.45. The van der Waals surface area contributed by atoms with Crippen LogP contribution < -0.4 is 5.32 Å². The highest BCUT2D eigenvalue weighted by Gasteiger charge is 2.18. The molecule has 1 heterocycles. The van der Waals surface area contributed by atoms with Gasteiger partial charge in [-0.3, -0.25) is 14.2 Å². The smallest absolute Gasteiger partial charge is 0.257 e. The fraction of sp³-hybridized carbons (Fsp3) is 0.0588. The number of hydrogen-bond donors (Lipinski definition) is 1. The molecule has 0 saturated carbocycles. The third-order valence-corrected chi connectivity index (χ3v) is 4.31. The third kappa shape index (κ3) is 3.13. The van der Waals surface area contributed by atoms with Crippen molar-refractivity contribution < 1.29 is 9.59 Å². The zero-order chi connectivity index (χ0) is 17.4. The molecule has 3 rings (SSSR count). The normalized spacial score (nSPS) is 10.8. The second-order valence-electron chi connectivity index (χ2n) is 5.17. The van der Waals surface area contributed by atoms with Gasteiger partial charge in [-0.15, -0.1) is 0 Å². The molecule has 1 aromatic heterocycles. The molecule has 0 aliphatic heterocycles. The Labute approximate surface area is 152 Å². The van der Waals surface area contributed by atoms with E-state index in [4.69, 9.17) is 34.8 Å². The van der Waals surface area contributed by atoms with Crippen LogP contribution in [-0.2, 0) is 0 Å². The first-order valence-corrected chi connectivity index (χ1v) is 8.08. The predicted octanol–water partition coefficient (Wildman–Crippen LogP) is 5.51. The predicted molar refractivity (Wildman–Crippen MR) is 97.7 cm³/mol. The number of amides is 1. The van der Waals surface area contributed by atoms with E-state index in [0.717, 1.165) is 0 Å². The van der Waals surface area contributed by atoms with Crippen LogP contribution >= 0.6 is 34.8 Å². The molecule has 0 aliphatic rings. The van der Waals surface area contributed by atoms with Gasteiger partial charge >= 0.3 is 0 Å². The Bertz CT molecular complexity index is 979. The van der Waals surface area contributed by atoms with Gasteiger partial charge in [0, 0.05) is 28.6 Å². The molecule has 0 spiro atoms. The summed E-state index contributed by atoms with van der Waals surface area (Å²) >= 11 is 18.0. The lowest BCUT2D eigenvalue weighted by Crippen LogP contribution is -2.12. The second kappa shape index (κ2) is 6.48. The van der Waals surface area contributed by atoms with E-state index < -0.39 is 5.91 Å². The van der Waals surface area contributed by atoms with Crippen LogP contribution in [0.4, 0.5) is 5.69 Å². The molecule has 0 unspecified atom stereocenters. The van der Waals surface area contributed by atoms with E-state index >= 15 is 0 Å². The molecule has 4 nitrogen and oxygen atoms in total. The Morgan fingerprint density at radius 3 is 2.33 bits per heavy atom. The van der Waals surface area contributed by atoms with Gasteiger partial charge in [0.25, 0.3) is 5.91 Å². The average Bonchev–Trinajstić information content (AvgIpc) is 2.89. The minimum atomic E-state index is -0.397. The van der Waals surface area contributed by atoms with Gasteiger partial charge in [-0.25, -0.2) is 0 Å². The Morgan fingerprint density at radius 2 is 1.67 bits per heavy atom. The molecule has 0 atom stereocenters. The van der Waals surface area contributed by atoms with Crippen molar-refractivity contribution in [2.24, 2.45) is 0 Å². The lowest BCUT2D eigenvalue weighted by Gasteiger charge is -2.07. The van der Waals surface area contributed by atoms with Gasteiger partial charge in [-0.1, -0.05) is 34.8 Å². The highest BCUT2D eigenvalue weighted by Crippen LogP contribution is 2.28. The molecule has 0 fully saturated rings. The molecule has 2 aromatic carbocycles. The van der Waals surface area contributed by atoms with Crippen molar-refractivity contribution in [2.75, 3.05) is 5.32 Å². The molecule has 0 bridgehead atoms. The summed E-state index contributed by atoms with van der Waals surface area (Å²) < 4.78 is 1.41. The summed E-state index contributed by atoms with van der Waals surface area (Å²) in [7, 11) is 0. The van der Waals surface area contributed by atoms with Gasteiger partial charge in [-0.05, 0) is 36.4 Å². The van der Waals surface area contributed by atoms with Crippen molar-refractivity contribution >= 4 is 63.2 Å². The Morgan fingerprint density at radius 1 is 1.00 bits per heavy atom. The topological polar surface area (TPSA) is 51.1 Å². The van der Waals surface area contributed by atoms with Crippen LogP contribution in [0, 0.1) is 0 Å². The van der Waals surface area contributed by atoms with Crippen molar-refractivity contribution in [1.29, 1.82) is 0 Å². The number of halogens is 3. The van der Waals surface area contributed by atoms with E-state index in [1.165, 1.54) is 23.8 Å². The molecule has 3 aromatic rings. The molecule has 1 amide bonds. The summed E-state index contributed by atoms with van der Waals surface area (Å²) in [6.45, 7) is 1.42. The Balaban J connectivity index is 2.06. The maximum Gasteiger partial charge on any atom is 0.257 e. The van der Waals surface area contributed by atoms with Crippen LogP contribution in [0.2, 0.25) is 15.1 Å². The van der Waals surface area contributed by atoms with Gasteiger partial charge in [0.05, 0.1) is 21.8 Å². The Hall–Kier alpha value is -2.01. The molecule has 1 N–H and O–H groups in total. The number of carbonyl (C=O) groups is 2. The van der Waals surface area contributed by atoms with Crippen molar-refractivity contribution in [3.63, 3.8) is 0 Å². The van der Waals surface area contributed by atoms with E-state index in [-0.39, 0.29) is 5.91 Å². The number of anilines is 1. The first-order chi connectivity index (χ1) is 11.4. The van der Waals surface area contributed by atoms with Gasteiger partial charge in [0.2, 0.25) is 5.91 Å². The molecule has 24 heavy (non-hydrogen) atoms. The SMILES string of the molecule is CC(=O)n1cc(C(=O)Nc2ccc(Cl)cc2Cl)c2cc(Cl)ccc21. The van der Waals surface area contributed by atoms with Gasteiger partial charge in [0.15, 0.2) is 0 Å². The van der Waals surface area contributed by atoms with Crippen LogP contribution in [0.1, 0.15) is 22.1 Å². The number of hydrogen-bond acceptors (Lipinski definition) is 2. The number of nitrogens with one attached hydrogen (secondary N) is 1. The molecule has 122 valence electrons. The van der Waals surface area contributed by atoms with Gasteiger partial charge in [-0.2, -0.15) is 0 Å². The van der Waals surface area contributed by atoms with Crippen LogP contribution in [-0.4, -0.2) is 16.4 Å². The molecule has 0 saturated heterocycles. The fourth-order valence-corrected chi connectivity index (χ4v) is 3.05. The van der Waals surface area contributed by atoms with Crippen molar-refractivity contribution in [2.45, 2.75) is 6.92 Å². The number of nitrogens with zero attached hydrogens (tertiary/aromatic N) is 1. The Kier molecular flexibility index (Phi) is 4.54. The zero-order valence-corrected chi connectivity index (χ0v) is 14.7. The summed E-state index contributed by atoms with van der Waals surface area (Å²) in [5.41, 5.74) is 1.37. The highest BCUT2D eigenvalue weighted by atomic mass is 35.5. The van der Waals surface area contributed by atoms with E-state index in [2.05, 4.69) is 5.32 Å². The summed E-state index contributed by atoms with van der Waals surface area (Å²) in [6, 6.07) is 9.79. The summed E-state index contributed by atoms with van der Waals surface area (Å²) in [6.07, 6.45) is 1.49. The quantitative estimate of drug-likeness (QED) is 0.636. The average molecular weight is 382 g/mol. The largest absolute Gasteiger partial charge is 0.321 e. The van der Waals surface area contributed by atoms with Crippen molar-refractivity contribution in [3.8, 4) is 0 Å². The third-order valence-electron chi connectivity index (χ3n) is 3.53. The molecular formula is C17H11Cl3N2O2. The maximum absolute atomic E-state index is 12.6. The van der Waals surface area contributed by atoms with Crippen LogP contribution in [0.3, 0.4) is 0 Å². The van der Waals surface area contributed by atoms with E-state index in [0.29, 0.717) is 37.2 Å². The van der Waals surface area contributed by atoms with Crippen molar-refractivity contribution in [3.05, 3.63) is 63.2 Å². The number of carbonyl (C=O) groups excluding carboxylic acids is 2. The fourth-order valence-electron chi connectivity index (χ4n) is 2.42.